The first-order chi connectivity index (χ1) is 3.73. The SMILES string of the molecule is O=P([O-])([O-])[O-].[O-]B(O)O.[Zn+2].[Zn+2]. The van der Waals surface area contributed by atoms with Gasteiger partial charge in [-0.3, -0.25) is 0 Å². The van der Waals surface area contributed by atoms with Crippen LogP contribution in [0.2, 0.25) is 0 Å². The van der Waals surface area contributed by atoms with Crippen molar-refractivity contribution in [3.63, 3.8) is 0 Å². The summed E-state index contributed by atoms with van der Waals surface area (Å²) in [6.07, 6.45) is 0. The van der Waals surface area contributed by atoms with Crippen LogP contribution in [-0.2, 0) is 43.5 Å². The Bertz CT molecular complexity index is 87.6. The van der Waals surface area contributed by atoms with Crippen LogP contribution in [0, 0.1) is 0 Å². The maximum atomic E-state index is 8.64. The molecule has 0 aliphatic rings. The first-order valence-electron chi connectivity index (χ1n) is 1.48. The van der Waals surface area contributed by atoms with E-state index in [1.165, 1.54) is 0 Å². The molecule has 0 aromatic rings. The van der Waals surface area contributed by atoms with Crippen LogP contribution in [-0.4, -0.2) is 17.4 Å². The topological polar surface area (TPSA) is 150 Å². The van der Waals surface area contributed by atoms with Gasteiger partial charge in [0.2, 0.25) is 0 Å². The molecule has 0 spiro atoms. The minimum Gasteiger partial charge on any atom is -0.832 e. The van der Waals surface area contributed by atoms with Crippen molar-refractivity contribution >= 4 is 15.1 Å². The zero-order chi connectivity index (χ0) is 8.08. The molecule has 7 nitrogen and oxygen atoms in total. The summed E-state index contributed by atoms with van der Waals surface area (Å²) in [6.45, 7) is 0. The molecule has 0 radical (unpaired) electrons. The number of rotatable bonds is 0. The molecule has 11 heavy (non-hydrogen) atoms. The van der Waals surface area contributed by atoms with Gasteiger partial charge >= 0.3 is 46.3 Å². The van der Waals surface area contributed by atoms with E-state index < -0.39 is 15.1 Å². The molecule has 0 aliphatic carbocycles. The molecule has 0 saturated heterocycles. The van der Waals surface area contributed by atoms with Crippen molar-refractivity contribution in [2.45, 2.75) is 0 Å². The van der Waals surface area contributed by atoms with Gasteiger partial charge in [0.1, 0.15) is 0 Å². The van der Waals surface area contributed by atoms with Gasteiger partial charge in [0.05, 0.1) is 0 Å². The van der Waals surface area contributed by atoms with E-state index in [1.54, 1.807) is 0 Å². The standard InChI is InChI=1S/BH2O3.H3O4P.2Zn/c2-1(3)4;1-5(2,3)4;;/h2-3H;(H3,1,2,3,4);;/q-1;;2*+2/p-3. The second-order valence-electron chi connectivity index (χ2n) is 0.774. The molecule has 0 aliphatic heterocycles. The van der Waals surface area contributed by atoms with Crippen molar-refractivity contribution in [3.8, 4) is 0 Å². The predicted octanol–water partition coefficient (Wildman–Crippen LogP) is -5.51. The Hall–Kier alpha value is 1.30. The van der Waals surface area contributed by atoms with E-state index in [9.17, 15) is 0 Å². The molecule has 0 unspecified atom stereocenters. The summed E-state index contributed by atoms with van der Waals surface area (Å²) in [5.74, 6) is 0. The fraction of sp³-hybridized carbons (Fsp3) is 0. The first kappa shape index (κ1) is 22.8. The summed E-state index contributed by atoms with van der Waals surface area (Å²) in [5.41, 5.74) is 0. The van der Waals surface area contributed by atoms with Crippen molar-refractivity contribution in [1.29, 1.82) is 0 Å². The summed E-state index contributed by atoms with van der Waals surface area (Å²) in [6, 6.07) is 0. The third-order valence-electron chi connectivity index (χ3n) is 0. The van der Waals surface area contributed by atoms with Gasteiger partial charge < -0.3 is 34.3 Å². The van der Waals surface area contributed by atoms with E-state index in [0.717, 1.165) is 0 Å². The average molecular weight is 287 g/mol. The molecule has 0 amide bonds. The maximum Gasteiger partial charge on any atom is 2.00 e. The zero-order valence-electron chi connectivity index (χ0n) is 5.37. The summed E-state index contributed by atoms with van der Waals surface area (Å²) >= 11 is 0. The fourth-order valence-corrected chi connectivity index (χ4v) is 0. The molecule has 0 bridgehead atoms. The molecule has 0 saturated carbocycles. The molecule has 0 fully saturated rings. The van der Waals surface area contributed by atoms with Crippen LogP contribution in [0.5, 0.6) is 0 Å². The maximum absolute atomic E-state index is 8.64. The Morgan fingerprint density at radius 1 is 1.09 bits per heavy atom. The molecule has 0 rings (SSSR count). The Morgan fingerprint density at radius 2 is 1.09 bits per heavy atom. The van der Waals surface area contributed by atoms with Gasteiger partial charge in [-0.05, 0) is 0 Å². The van der Waals surface area contributed by atoms with E-state index in [4.69, 9.17) is 34.3 Å². The Labute approximate surface area is 88.4 Å². The second-order valence-corrected chi connectivity index (χ2v) is 1.67. The molecule has 0 aromatic carbocycles. The minimum atomic E-state index is -5.39. The number of hydrogen-bond acceptors (Lipinski definition) is 7. The van der Waals surface area contributed by atoms with Crippen LogP contribution in [0.3, 0.4) is 0 Å². The molecule has 2 N–H and O–H groups in total. The monoisotopic (exact) mass is 284 g/mol. The van der Waals surface area contributed by atoms with Gasteiger partial charge in [-0.2, -0.15) is 7.82 Å². The van der Waals surface area contributed by atoms with E-state index >= 15 is 0 Å². The quantitative estimate of drug-likeness (QED) is 0.333. The molecular formula is H2BO7PZn2. The van der Waals surface area contributed by atoms with Gasteiger partial charge in [-0.1, -0.05) is 0 Å². The Kier molecular flexibility index (Phi) is 23.4. The van der Waals surface area contributed by atoms with Gasteiger partial charge in [0.15, 0.2) is 0 Å². The van der Waals surface area contributed by atoms with E-state index in [1.807, 2.05) is 0 Å². The van der Waals surface area contributed by atoms with Crippen LogP contribution >= 0.6 is 7.82 Å². The van der Waals surface area contributed by atoms with Crippen molar-refractivity contribution < 1.29 is 73.3 Å². The Morgan fingerprint density at radius 3 is 1.09 bits per heavy atom. The minimum absolute atomic E-state index is 0. The van der Waals surface area contributed by atoms with Crippen LogP contribution < -0.4 is 19.7 Å². The third kappa shape index (κ3) is 577. The van der Waals surface area contributed by atoms with Gasteiger partial charge in [-0.15, -0.1) is 0 Å². The summed E-state index contributed by atoms with van der Waals surface area (Å²) in [4.78, 5) is 25.6. The number of hydrogen-bond donors (Lipinski definition) is 2. The van der Waals surface area contributed by atoms with Gasteiger partial charge in [0, 0.05) is 0 Å². The molecule has 56 valence electrons. The largest absolute Gasteiger partial charge is 2.00 e. The summed E-state index contributed by atoms with van der Waals surface area (Å²) in [7, 11) is -7.81. The fourth-order valence-electron chi connectivity index (χ4n) is 0. The molecule has 11 heteroatoms. The second kappa shape index (κ2) is 11.3. The summed E-state index contributed by atoms with van der Waals surface area (Å²) < 4.78 is 8.55. The number of phosphoric acid groups is 1. The van der Waals surface area contributed by atoms with Crippen molar-refractivity contribution in [3.05, 3.63) is 0 Å². The molecule has 0 atom stereocenters. The van der Waals surface area contributed by atoms with Crippen molar-refractivity contribution in [1.82, 2.24) is 0 Å². The van der Waals surface area contributed by atoms with Gasteiger partial charge in [0.25, 0.3) is 0 Å². The molecule has 0 aromatic heterocycles. The van der Waals surface area contributed by atoms with E-state index in [-0.39, 0.29) is 39.0 Å². The average Bonchev–Trinajstić information content (AvgIpc) is 1.19. The zero-order valence-corrected chi connectivity index (χ0v) is 12.2. The summed E-state index contributed by atoms with van der Waals surface area (Å²) in [5, 5.41) is 22.8. The first-order valence-corrected chi connectivity index (χ1v) is 2.94. The molecule has 0 heterocycles. The van der Waals surface area contributed by atoms with Crippen molar-refractivity contribution in [2.75, 3.05) is 0 Å². The predicted molar refractivity (Wildman–Crippen MR) is 17.8 cm³/mol. The van der Waals surface area contributed by atoms with Crippen LogP contribution in [0.15, 0.2) is 0 Å². The van der Waals surface area contributed by atoms with Crippen LogP contribution in [0.25, 0.3) is 0 Å². The van der Waals surface area contributed by atoms with E-state index in [0.29, 0.717) is 0 Å². The van der Waals surface area contributed by atoms with Crippen LogP contribution in [0.4, 0.5) is 0 Å². The Balaban J connectivity index is -0.0000000383. The van der Waals surface area contributed by atoms with Gasteiger partial charge in [-0.25, -0.2) is 0 Å². The smallest absolute Gasteiger partial charge is 0.832 e. The van der Waals surface area contributed by atoms with Crippen molar-refractivity contribution in [2.24, 2.45) is 0 Å². The normalized spacial score (nSPS) is 7.82. The van der Waals surface area contributed by atoms with E-state index in [2.05, 4.69) is 0 Å². The van der Waals surface area contributed by atoms with Crippen LogP contribution in [0.1, 0.15) is 0 Å². The third-order valence-corrected chi connectivity index (χ3v) is 0. The molecular weight excluding hydrogens is 285 g/mol.